The number of hydrogen-bond acceptors (Lipinski definition) is 6. The molecule has 0 spiro atoms. The van der Waals surface area contributed by atoms with Crippen molar-refractivity contribution < 1.29 is 19.0 Å². The number of anilines is 1. The first-order valence-electron chi connectivity index (χ1n) is 11.5. The van der Waals surface area contributed by atoms with Crippen LogP contribution in [0.2, 0.25) is 0 Å². The van der Waals surface area contributed by atoms with E-state index in [-0.39, 0.29) is 12.5 Å². The van der Waals surface area contributed by atoms with Gasteiger partial charge in [0.15, 0.2) is 6.61 Å². The number of hydrogen-bond donors (Lipinski definition) is 2. The monoisotopic (exact) mass is 447 g/mol. The van der Waals surface area contributed by atoms with Crippen molar-refractivity contribution in [3.05, 3.63) is 54.2 Å². The van der Waals surface area contributed by atoms with Gasteiger partial charge in [0.2, 0.25) is 0 Å². The van der Waals surface area contributed by atoms with E-state index in [1.54, 1.807) is 13.3 Å². The number of nitrogens with zero attached hydrogens (tertiary/aromatic N) is 1. The second kappa shape index (κ2) is 9.67. The minimum atomic E-state index is -0.105. The van der Waals surface area contributed by atoms with Gasteiger partial charge in [0, 0.05) is 24.2 Å². The molecule has 2 N–H and O–H groups in total. The molecule has 0 saturated heterocycles. The van der Waals surface area contributed by atoms with Gasteiger partial charge in [-0.3, -0.25) is 9.78 Å². The van der Waals surface area contributed by atoms with Crippen molar-refractivity contribution in [2.24, 2.45) is 5.92 Å². The van der Waals surface area contributed by atoms with E-state index in [0.29, 0.717) is 18.6 Å². The van der Waals surface area contributed by atoms with Crippen molar-refractivity contribution in [2.45, 2.75) is 38.3 Å². The van der Waals surface area contributed by atoms with Crippen LogP contribution in [0.3, 0.4) is 0 Å². The zero-order chi connectivity index (χ0) is 22.6. The van der Waals surface area contributed by atoms with Crippen LogP contribution in [-0.4, -0.2) is 37.3 Å². The number of pyridine rings is 1. The van der Waals surface area contributed by atoms with Crippen LogP contribution in [-0.2, 0) is 11.3 Å². The van der Waals surface area contributed by atoms with Crippen LogP contribution in [0, 0.1) is 5.92 Å². The Balaban J connectivity index is 1.11. The van der Waals surface area contributed by atoms with Gasteiger partial charge in [0.05, 0.1) is 24.9 Å². The molecule has 1 aromatic heterocycles. The fraction of sp³-hybridized carbons (Fsp3) is 0.385. The molecule has 3 aromatic rings. The van der Waals surface area contributed by atoms with Crippen LogP contribution >= 0.6 is 0 Å². The van der Waals surface area contributed by atoms with Crippen LogP contribution < -0.4 is 24.8 Å². The molecule has 2 aromatic carbocycles. The van der Waals surface area contributed by atoms with Gasteiger partial charge in [0.25, 0.3) is 5.91 Å². The van der Waals surface area contributed by atoms with E-state index in [0.717, 1.165) is 71.6 Å². The van der Waals surface area contributed by atoms with Gasteiger partial charge in [-0.2, -0.15) is 0 Å². The highest BCUT2D eigenvalue weighted by Gasteiger charge is 2.22. The van der Waals surface area contributed by atoms with Gasteiger partial charge in [-0.05, 0) is 73.6 Å². The third kappa shape index (κ3) is 5.03. The van der Waals surface area contributed by atoms with E-state index in [1.807, 2.05) is 36.4 Å². The van der Waals surface area contributed by atoms with Crippen LogP contribution in [0.1, 0.15) is 31.2 Å². The normalized spacial score (nSPS) is 20.0. The van der Waals surface area contributed by atoms with Gasteiger partial charge in [-0.15, -0.1) is 0 Å². The van der Waals surface area contributed by atoms with E-state index in [4.69, 9.17) is 14.2 Å². The van der Waals surface area contributed by atoms with Crippen molar-refractivity contribution >= 4 is 22.5 Å². The average Bonchev–Trinajstić information content (AvgIpc) is 2.86. The second-order valence-corrected chi connectivity index (χ2v) is 8.77. The Kier molecular flexibility index (Phi) is 6.30. The van der Waals surface area contributed by atoms with Crippen molar-refractivity contribution in [1.29, 1.82) is 0 Å². The molecule has 172 valence electrons. The van der Waals surface area contributed by atoms with E-state index < -0.39 is 0 Å². The summed E-state index contributed by atoms with van der Waals surface area (Å²) in [5.74, 6) is 2.85. The predicted octanol–water partition coefficient (Wildman–Crippen LogP) is 4.30. The van der Waals surface area contributed by atoms with Gasteiger partial charge < -0.3 is 24.8 Å². The molecule has 2 heterocycles. The van der Waals surface area contributed by atoms with Crippen LogP contribution in [0.15, 0.2) is 48.7 Å². The Bertz CT molecular complexity index is 1140. The van der Waals surface area contributed by atoms with Crippen molar-refractivity contribution in [3.63, 3.8) is 0 Å². The molecular weight excluding hydrogens is 418 g/mol. The first-order chi connectivity index (χ1) is 16.2. The lowest BCUT2D eigenvalue weighted by molar-refractivity contribution is -0.118. The molecule has 33 heavy (non-hydrogen) atoms. The first kappa shape index (κ1) is 21.5. The number of aromatic nitrogens is 1. The lowest BCUT2D eigenvalue weighted by Gasteiger charge is -2.29. The number of nitrogens with one attached hydrogen (secondary N) is 2. The molecule has 0 atom stereocenters. The maximum atomic E-state index is 11.5. The lowest BCUT2D eigenvalue weighted by atomic mass is 9.86. The standard InChI is InChI=1S/C26H29N3O4/c1-31-20-7-8-22-21(13-20)24(10-11-27-22)32-15-17-2-5-19(6-3-17)28-14-18-4-9-25-23(12-18)29-26(30)16-33-25/h4,7-13,17,19,28H,2-3,5-6,14-16H2,1H3,(H,29,30)/t17-,19-. The molecule has 1 aliphatic carbocycles. The fourth-order valence-corrected chi connectivity index (χ4v) is 4.60. The maximum absolute atomic E-state index is 11.5. The molecule has 1 aliphatic heterocycles. The Labute approximate surface area is 193 Å². The van der Waals surface area contributed by atoms with Crippen molar-refractivity contribution in [1.82, 2.24) is 10.3 Å². The smallest absolute Gasteiger partial charge is 0.262 e. The molecular formula is C26H29N3O4. The molecule has 1 amide bonds. The Morgan fingerprint density at radius 3 is 2.85 bits per heavy atom. The second-order valence-electron chi connectivity index (χ2n) is 8.77. The average molecular weight is 448 g/mol. The largest absolute Gasteiger partial charge is 0.497 e. The van der Waals surface area contributed by atoms with Crippen LogP contribution in [0.5, 0.6) is 17.2 Å². The third-order valence-electron chi connectivity index (χ3n) is 6.50. The number of carbonyl (C=O) groups is 1. The fourth-order valence-electron chi connectivity index (χ4n) is 4.60. The molecule has 0 unspecified atom stereocenters. The number of methoxy groups -OCH3 is 1. The first-order valence-corrected chi connectivity index (χ1v) is 11.5. The SMILES string of the molecule is COc1ccc2nccc(OC[C@H]3CC[C@H](NCc4ccc5c(c4)NC(=O)CO5)CC3)c2c1. The summed E-state index contributed by atoms with van der Waals surface area (Å²) in [6, 6.07) is 14.3. The molecule has 2 aliphatic rings. The summed E-state index contributed by atoms with van der Waals surface area (Å²) in [5.41, 5.74) is 2.81. The number of benzene rings is 2. The summed E-state index contributed by atoms with van der Waals surface area (Å²) >= 11 is 0. The van der Waals surface area contributed by atoms with Crippen molar-refractivity contribution in [2.75, 3.05) is 25.6 Å². The summed E-state index contributed by atoms with van der Waals surface area (Å²) < 4.78 is 17.0. The topological polar surface area (TPSA) is 81.7 Å². The van der Waals surface area contributed by atoms with Gasteiger partial charge >= 0.3 is 0 Å². The lowest BCUT2D eigenvalue weighted by Crippen LogP contribution is -2.34. The third-order valence-corrected chi connectivity index (χ3v) is 6.50. The maximum Gasteiger partial charge on any atom is 0.262 e. The molecule has 7 heteroatoms. The Morgan fingerprint density at radius 2 is 2.00 bits per heavy atom. The zero-order valence-corrected chi connectivity index (χ0v) is 18.8. The highest BCUT2D eigenvalue weighted by atomic mass is 16.5. The molecule has 0 radical (unpaired) electrons. The van der Waals surface area contributed by atoms with E-state index in [1.165, 1.54) is 0 Å². The molecule has 1 saturated carbocycles. The molecule has 7 nitrogen and oxygen atoms in total. The number of fused-ring (bicyclic) bond motifs is 2. The zero-order valence-electron chi connectivity index (χ0n) is 18.8. The summed E-state index contributed by atoms with van der Waals surface area (Å²) in [7, 11) is 1.67. The van der Waals surface area contributed by atoms with Crippen molar-refractivity contribution in [3.8, 4) is 17.2 Å². The van der Waals surface area contributed by atoms with Gasteiger partial charge in [-0.1, -0.05) is 6.07 Å². The predicted molar refractivity (Wildman–Crippen MR) is 127 cm³/mol. The van der Waals surface area contributed by atoms with E-state index in [2.05, 4.69) is 21.7 Å². The van der Waals surface area contributed by atoms with Gasteiger partial charge in [-0.25, -0.2) is 0 Å². The minimum absolute atomic E-state index is 0.0864. The Morgan fingerprint density at radius 1 is 1.12 bits per heavy atom. The molecule has 5 rings (SSSR count). The van der Waals surface area contributed by atoms with E-state index in [9.17, 15) is 4.79 Å². The minimum Gasteiger partial charge on any atom is -0.497 e. The molecule has 1 fully saturated rings. The van der Waals surface area contributed by atoms with Gasteiger partial charge in [0.1, 0.15) is 17.2 Å². The summed E-state index contributed by atoms with van der Waals surface area (Å²) in [6.45, 7) is 1.58. The van der Waals surface area contributed by atoms with Crippen LogP contribution in [0.25, 0.3) is 10.9 Å². The highest BCUT2D eigenvalue weighted by Crippen LogP contribution is 2.31. The van der Waals surface area contributed by atoms with Crippen LogP contribution in [0.4, 0.5) is 5.69 Å². The summed E-state index contributed by atoms with van der Waals surface area (Å²) in [6.07, 6.45) is 6.33. The summed E-state index contributed by atoms with van der Waals surface area (Å²) in [4.78, 5) is 16.0. The Hall–Kier alpha value is -3.32. The number of amides is 1. The van der Waals surface area contributed by atoms with E-state index >= 15 is 0 Å². The molecule has 0 bridgehead atoms. The number of rotatable bonds is 7. The number of carbonyl (C=O) groups excluding carboxylic acids is 1. The number of ether oxygens (including phenoxy) is 3. The summed E-state index contributed by atoms with van der Waals surface area (Å²) in [5, 5.41) is 7.53. The quantitative estimate of drug-likeness (QED) is 0.562. The highest BCUT2D eigenvalue weighted by molar-refractivity contribution is 5.95.